The van der Waals surface area contributed by atoms with Crippen LogP contribution >= 0.6 is 0 Å². The van der Waals surface area contributed by atoms with E-state index in [2.05, 4.69) is 40.1 Å². The maximum absolute atomic E-state index is 12.0. The lowest BCUT2D eigenvalue weighted by molar-refractivity contribution is -0.298. The second-order valence-electron chi connectivity index (χ2n) is 8.79. The number of carbonyl (C=O) groups is 3. The monoisotopic (exact) mass is 596 g/mol. The summed E-state index contributed by atoms with van der Waals surface area (Å²) in [5, 5.41) is 14.5. The van der Waals surface area contributed by atoms with E-state index in [9.17, 15) is 25.4 Å². The quantitative estimate of drug-likeness (QED) is 0.0746. The normalized spacial score (nSPS) is 31.9. The Kier molecular flexibility index (Phi) is 13.4. The Bertz CT molecular complexity index is 1180. The number of azide groups is 4. The molecule has 0 aromatic heterocycles. The number of rotatable bonds is 13. The zero-order valence-corrected chi connectivity index (χ0v) is 22.8. The highest BCUT2D eigenvalue weighted by molar-refractivity contribution is 5.67. The molecule has 1 saturated carbocycles. The Labute approximate surface area is 236 Å². The smallest absolute Gasteiger partial charge is 0.303 e. The van der Waals surface area contributed by atoms with Crippen molar-refractivity contribution in [3.63, 3.8) is 0 Å². The number of esters is 3. The van der Waals surface area contributed by atoms with Crippen LogP contribution in [0.2, 0.25) is 0 Å². The first-order valence-corrected chi connectivity index (χ1v) is 12.2. The molecule has 0 N–H and O–H groups in total. The zero-order chi connectivity index (χ0) is 31.2. The molecule has 22 nitrogen and oxygen atoms in total. The van der Waals surface area contributed by atoms with Gasteiger partial charge in [-0.1, -0.05) is 20.5 Å². The van der Waals surface area contributed by atoms with Crippen LogP contribution in [0.25, 0.3) is 41.8 Å². The van der Waals surface area contributed by atoms with Crippen LogP contribution in [0.1, 0.15) is 27.2 Å². The molecule has 1 aliphatic carbocycles. The largest absolute Gasteiger partial charge is 0.459 e. The molecule has 0 unspecified atom stereocenters. The van der Waals surface area contributed by atoms with Crippen LogP contribution in [0.5, 0.6) is 0 Å². The molecule has 2 aliphatic rings. The topological polar surface area (TPSA) is 311 Å². The Morgan fingerprint density at radius 2 is 1.31 bits per heavy atom. The minimum Gasteiger partial charge on any atom is -0.459 e. The lowest BCUT2D eigenvalue weighted by atomic mass is 9.84. The van der Waals surface area contributed by atoms with Gasteiger partial charge in [-0.05, 0) is 28.5 Å². The van der Waals surface area contributed by atoms with Gasteiger partial charge in [0.25, 0.3) is 0 Å². The first-order chi connectivity index (χ1) is 20.1. The van der Waals surface area contributed by atoms with E-state index < -0.39 is 85.5 Å². The van der Waals surface area contributed by atoms with Gasteiger partial charge in [0.15, 0.2) is 18.5 Å². The molecule has 0 bridgehead atoms. The molecule has 22 heteroatoms. The summed E-state index contributed by atoms with van der Waals surface area (Å²) in [6, 6.07) is -3.75. The van der Waals surface area contributed by atoms with Crippen molar-refractivity contribution >= 4 is 17.9 Å². The van der Waals surface area contributed by atoms with Crippen molar-refractivity contribution in [2.45, 2.75) is 88.2 Å². The van der Waals surface area contributed by atoms with E-state index in [0.717, 1.165) is 20.8 Å². The van der Waals surface area contributed by atoms with Crippen LogP contribution in [-0.4, -0.2) is 99.4 Å². The number of methoxy groups -OCH3 is 1. The molecule has 1 heterocycles. The lowest BCUT2D eigenvalue weighted by Crippen LogP contribution is -2.64. The maximum atomic E-state index is 12.0. The predicted octanol–water partition coefficient (Wildman–Crippen LogP) is 2.63. The van der Waals surface area contributed by atoms with Crippen molar-refractivity contribution in [2.75, 3.05) is 20.4 Å². The van der Waals surface area contributed by atoms with Crippen LogP contribution in [0.15, 0.2) is 20.5 Å². The first-order valence-electron chi connectivity index (χ1n) is 12.2. The molecule has 2 rings (SSSR count). The second kappa shape index (κ2) is 16.7. The molecule has 0 amide bonds. The van der Waals surface area contributed by atoms with Gasteiger partial charge in [-0.2, -0.15) is 0 Å². The number of hydrogen-bond donors (Lipinski definition) is 0. The van der Waals surface area contributed by atoms with E-state index in [4.69, 9.17) is 44.2 Å². The van der Waals surface area contributed by atoms with Crippen molar-refractivity contribution in [1.29, 1.82) is 0 Å². The average molecular weight is 597 g/mol. The second-order valence-corrected chi connectivity index (χ2v) is 8.79. The summed E-state index contributed by atoms with van der Waals surface area (Å²) in [5.41, 5.74) is 36.6. The highest BCUT2D eigenvalue weighted by atomic mass is 16.7. The van der Waals surface area contributed by atoms with Gasteiger partial charge in [0.1, 0.15) is 31.1 Å². The van der Waals surface area contributed by atoms with Gasteiger partial charge in [0.05, 0.1) is 24.7 Å². The molecular weight excluding hydrogens is 568 g/mol. The standard InChI is InChI=1S/C20H28N12O10/c1-8(33)38-15-11(26-30-22)5-12(27-31-23)16(19(15)37-7-36-4)42-20-14(28-32-24)18(40-10(3)35)17(39-9(2)34)13(41-20)6-25-29-21/h11-20H,5-7H2,1-4H3/t11-,12+,13-,14-,15+,16-,17-,18-,19-,20-/m1/s1. The minimum absolute atomic E-state index is 0.186. The average Bonchev–Trinajstić information content (AvgIpc) is 2.92. The molecule has 0 aromatic rings. The Morgan fingerprint density at radius 1 is 0.762 bits per heavy atom. The molecule has 1 saturated heterocycles. The van der Waals surface area contributed by atoms with Crippen LogP contribution in [-0.2, 0) is 47.5 Å². The molecule has 0 spiro atoms. The van der Waals surface area contributed by atoms with Gasteiger partial charge in [-0.3, -0.25) is 14.4 Å². The van der Waals surface area contributed by atoms with Crippen molar-refractivity contribution in [3.05, 3.63) is 41.8 Å². The van der Waals surface area contributed by atoms with Crippen LogP contribution in [0.3, 0.4) is 0 Å². The van der Waals surface area contributed by atoms with Crippen LogP contribution in [0.4, 0.5) is 0 Å². The van der Waals surface area contributed by atoms with E-state index in [1.54, 1.807) is 0 Å². The van der Waals surface area contributed by atoms with Gasteiger partial charge in [0, 0.05) is 47.5 Å². The van der Waals surface area contributed by atoms with Crippen molar-refractivity contribution < 1.29 is 47.5 Å². The van der Waals surface area contributed by atoms with Crippen molar-refractivity contribution in [3.8, 4) is 0 Å². The van der Waals surface area contributed by atoms with Crippen LogP contribution < -0.4 is 0 Å². The third-order valence-corrected chi connectivity index (χ3v) is 5.99. The molecule has 228 valence electrons. The molecule has 42 heavy (non-hydrogen) atoms. The van der Waals surface area contributed by atoms with Crippen LogP contribution in [0, 0.1) is 0 Å². The third kappa shape index (κ3) is 9.00. The zero-order valence-electron chi connectivity index (χ0n) is 22.8. The molecule has 10 atom stereocenters. The van der Waals surface area contributed by atoms with E-state index in [1.807, 2.05) is 0 Å². The fraction of sp³-hybridized carbons (Fsp3) is 0.850. The summed E-state index contributed by atoms with van der Waals surface area (Å²) < 4.78 is 38.8. The summed E-state index contributed by atoms with van der Waals surface area (Å²) in [7, 11) is 1.30. The molecule has 0 aromatic carbocycles. The Morgan fingerprint density at radius 3 is 1.83 bits per heavy atom. The van der Waals surface area contributed by atoms with E-state index in [-0.39, 0.29) is 13.2 Å². The lowest BCUT2D eigenvalue weighted by Gasteiger charge is -2.48. The fourth-order valence-electron chi connectivity index (χ4n) is 4.61. The molecule has 2 fully saturated rings. The first kappa shape index (κ1) is 33.7. The summed E-state index contributed by atoms with van der Waals surface area (Å²) in [4.78, 5) is 46.9. The van der Waals surface area contributed by atoms with Crippen molar-refractivity contribution in [1.82, 2.24) is 0 Å². The molecular formula is C20H28N12O10. The fourth-order valence-corrected chi connectivity index (χ4v) is 4.61. The molecule has 0 radical (unpaired) electrons. The van der Waals surface area contributed by atoms with E-state index in [1.165, 1.54) is 7.11 Å². The summed E-state index contributed by atoms with van der Waals surface area (Å²) in [6.45, 7) is 2.40. The van der Waals surface area contributed by atoms with E-state index >= 15 is 0 Å². The predicted molar refractivity (Wildman–Crippen MR) is 134 cm³/mol. The minimum atomic E-state index is -1.64. The highest BCUT2D eigenvalue weighted by Crippen LogP contribution is 2.36. The van der Waals surface area contributed by atoms with Gasteiger partial charge < -0.3 is 33.2 Å². The van der Waals surface area contributed by atoms with E-state index in [0.29, 0.717) is 0 Å². The van der Waals surface area contributed by atoms with Gasteiger partial charge >= 0.3 is 17.9 Å². The third-order valence-electron chi connectivity index (χ3n) is 5.99. The number of carbonyl (C=O) groups excluding carboxylic acids is 3. The van der Waals surface area contributed by atoms with Gasteiger partial charge in [0.2, 0.25) is 0 Å². The number of nitrogens with zero attached hydrogens (tertiary/aromatic N) is 12. The number of ether oxygens (including phenoxy) is 7. The number of hydrogen-bond acceptors (Lipinski definition) is 14. The highest BCUT2D eigenvalue weighted by Gasteiger charge is 2.54. The van der Waals surface area contributed by atoms with Gasteiger partial charge in [-0.25, -0.2) is 0 Å². The summed E-state index contributed by atoms with van der Waals surface area (Å²) in [6.07, 6.45) is -9.97. The Hall–Kier alpha value is -4.51. The SMILES string of the molecule is COCO[C@@H]1[C@@H](OC(C)=O)[C@H](N=[N+]=[N-])C[C@H](N=[N+]=[N-])[C@H]1O[C@H]1O[C@H](CN=[N+]=[N-])[C@@H](OC(C)=O)[C@H](OC(C)=O)[C@H]1N=[N+]=[N-]. The Balaban J connectivity index is 2.66. The van der Waals surface area contributed by atoms with Gasteiger partial charge in [-0.15, -0.1) is 0 Å². The maximum Gasteiger partial charge on any atom is 0.303 e. The van der Waals surface area contributed by atoms with Crippen molar-refractivity contribution in [2.24, 2.45) is 20.5 Å². The molecule has 1 aliphatic heterocycles. The summed E-state index contributed by atoms with van der Waals surface area (Å²) in [5.74, 6) is -2.43. The summed E-state index contributed by atoms with van der Waals surface area (Å²) >= 11 is 0.